The number of hydrogen-bond acceptors (Lipinski definition) is 4. The molecule has 0 aliphatic rings. The van der Waals surface area contributed by atoms with Gasteiger partial charge in [0.15, 0.2) is 0 Å². The molecule has 0 spiro atoms. The van der Waals surface area contributed by atoms with Gasteiger partial charge in [0, 0.05) is 27.7 Å². The number of nitro groups is 1. The highest BCUT2D eigenvalue weighted by Gasteiger charge is 2.12. The van der Waals surface area contributed by atoms with Crippen molar-refractivity contribution >= 4 is 43.4 Å². The number of pyridine rings is 2. The van der Waals surface area contributed by atoms with E-state index in [-0.39, 0.29) is 5.69 Å². The first kappa shape index (κ1) is 14.7. The van der Waals surface area contributed by atoms with Crippen LogP contribution in [0.1, 0.15) is 0 Å². The average Bonchev–Trinajstić information content (AvgIpc) is 2.60. The van der Waals surface area contributed by atoms with Gasteiger partial charge >= 0.3 is 0 Å². The van der Waals surface area contributed by atoms with Crippen molar-refractivity contribution in [2.45, 2.75) is 0 Å². The van der Waals surface area contributed by atoms with Crippen LogP contribution in [0.5, 0.6) is 0 Å². The highest BCUT2D eigenvalue weighted by molar-refractivity contribution is 9.10. The number of benzene rings is 2. The normalized spacial score (nSPS) is 11.0. The van der Waals surface area contributed by atoms with Crippen molar-refractivity contribution in [3.63, 3.8) is 0 Å². The van der Waals surface area contributed by atoms with Crippen LogP contribution in [-0.2, 0) is 0 Å². The highest BCUT2D eigenvalue weighted by atomic mass is 79.9. The van der Waals surface area contributed by atoms with Crippen molar-refractivity contribution in [1.29, 1.82) is 0 Å². The van der Waals surface area contributed by atoms with Crippen LogP contribution in [0.15, 0.2) is 65.3 Å². The topological polar surface area (TPSA) is 68.9 Å². The van der Waals surface area contributed by atoms with E-state index in [0.717, 1.165) is 26.6 Å². The second-order valence-corrected chi connectivity index (χ2v) is 6.27. The van der Waals surface area contributed by atoms with Crippen LogP contribution >= 0.6 is 15.9 Å². The molecular weight excluding hydrogens is 370 g/mol. The Morgan fingerprint density at radius 3 is 2.71 bits per heavy atom. The minimum absolute atomic E-state index is 0.0621. The first-order chi connectivity index (χ1) is 11.6. The quantitative estimate of drug-likeness (QED) is 0.358. The van der Waals surface area contributed by atoms with E-state index in [9.17, 15) is 10.1 Å². The van der Waals surface area contributed by atoms with Crippen molar-refractivity contribution in [3.8, 4) is 11.3 Å². The van der Waals surface area contributed by atoms with E-state index < -0.39 is 4.92 Å². The van der Waals surface area contributed by atoms with Crippen LogP contribution in [0.2, 0.25) is 0 Å². The molecule has 116 valence electrons. The molecule has 2 aromatic carbocycles. The van der Waals surface area contributed by atoms with Crippen LogP contribution in [0.3, 0.4) is 0 Å². The Labute approximate surface area is 145 Å². The minimum Gasteiger partial charge on any atom is -0.258 e. The van der Waals surface area contributed by atoms with Gasteiger partial charge in [0.05, 0.1) is 27.0 Å². The number of halogens is 1. The molecule has 0 bridgehead atoms. The number of rotatable bonds is 2. The molecule has 2 aromatic heterocycles. The lowest BCUT2D eigenvalue weighted by Gasteiger charge is -2.05. The molecule has 6 heteroatoms. The first-order valence-corrected chi connectivity index (χ1v) is 8.01. The summed E-state index contributed by atoms with van der Waals surface area (Å²) in [6, 6.07) is 16.3. The predicted molar refractivity (Wildman–Crippen MR) is 96.8 cm³/mol. The van der Waals surface area contributed by atoms with Gasteiger partial charge in [-0.1, -0.05) is 22.0 Å². The summed E-state index contributed by atoms with van der Waals surface area (Å²) in [4.78, 5) is 19.7. The molecule has 0 unspecified atom stereocenters. The van der Waals surface area contributed by atoms with E-state index in [4.69, 9.17) is 0 Å². The maximum absolute atomic E-state index is 11.1. The fourth-order valence-electron chi connectivity index (χ4n) is 2.70. The number of nitrogens with zero attached hydrogens (tertiary/aromatic N) is 3. The number of fused-ring (bicyclic) bond motifs is 2. The van der Waals surface area contributed by atoms with Gasteiger partial charge in [-0.3, -0.25) is 15.1 Å². The van der Waals surface area contributed by atoms with Gasteiger partial charge in [-0.05, 0) is 42.5 Å². The van der Waals surface area contributed by atoms with Gasteiger partial charge in [-0.25, -0.2) is 4.98 Å². The maximum Gasteiger partial charge on any atom is 0.278 e. The SMILES string of the molecule is O=[N+]([O-])c1cccc2nc(-c3cnc4ccc(Br)cc4c3)ccc12. The summed E-state index contributed by atoms with van der Waals surface area (Å²) in [6.45, 7) is 0. The molecule has 0 amide bonds. The molecule has 0 fully saturated rings. The van der Waals surface area contributed by atoms with Gasteiger partial charge in [0.1, 0.15) is 0 Å². The summed E-state index contributed by atoms with van der Waals surface area (Å²) in [7, 11) is 0. The summed E-state index contributed by atoms with van der Waals surface area (Å²) < 4.78 is 0.982. The Hall–Kier alpha value is -2.86. The Morgan fingerprint density at radius 2 is 1.88 bits per heavy atom. The first-order valence-electron chi connectivity index (χ1n) is 7.22. The Balaban J connectivity index is 1.89. The molecule has 4 rings (SSSR count). The number of non-ortho nitro benzene ring substituents is 1. The Kier molecular flexibility index (Phi) is 3.46. The largest absolute Gasteiger partial charge is 0.278 e. The molecular formula is C18H10BrN3O2. The zero-order valence-corrected chi connectivity index (χ0v) is 13.9. The highest BCUT2D eigenvalue weighted by Crippen LogP contribution is 2.28. The van der Waals surface area contributed by atoms with Crippen molar-refractivity contribution < 1.29 is 4.92 Å². The van der Waals surface area contributed by atoms with Crippen LogP contribution in [0.25, 0.3) is 33.1 Å². The maximum atomic E-state index is 11.1. The molecule has 24 heavy (non-hydrogen) atoms. The van der Waals surface area contributed by atoms with E-state index in [0.29, 0.717) is 10.9 Å². The third kappa shape index (κ3) is 2.51. The second kappa shape index (κ2) is 5.65. The molecule has 4 aromatic rings. The van der Waals surface area contributed by atoms with Crippen molar-refractivity contribution in [2.24, 2.45) is 0 Å². The molecule has 0 radical (unpaired) electrons. The van der Waals surface area contributed by atoms with Crippen molar-refractivity contribution in [3.05, 3.63) is 75.4 Å². The van der Waals surface area contributed by atoms with Crippen molar-refractivity contribution in [2.75, 3.05) is 0 Å². The Bertz CT molecular complexity index is 1110. The van der Waals surface area contributed by atoms with Crippen LogP contribution in [-0.4, -0.2) is 14.9 Å². The molecule has 0 saturated heterocycles. The summed E-state index contributed by atoms with van der Waals surface area (Å²) in [6.07, 6.45) is 1.77. The van der Waals surface area contributed by atoms with E-state index in [1.54, 1.807) is 30.5 Å². The average molecular weight is 380 g/mol. The lowest BCUT2D eigenvalue weighted by Crippen LogP contribution is -1.92. The van der Waals surface area contributed by atoms with Crippen molar-refractivity contribution in [1.82, 2.24) is 9.97 Å². The van der Waals surface area contributed by atoms with Crippen LogP contribution < -0.4 is 0 Å². The summed E-state index contributed by atoms with van der Waals surface area (Å²) >= 11 is 3.46. The standard InChI is InChI=1S/C18H10BrN3O2/c19-13-4-6-15-11(9-13)8-12(10-20-15)16-7-5-14-17(21-16)2-1-3-18(14)22(23)24/h1-10H. The molecule has 0 atom stereocenters. The minimum atomic E-state index is -0.390. The van der Waals surface area contributed by atoms with E-state index in [1.165, 1.54) is 6.07 Å². The predicted octanol–water partition coefficient (Wildman–Crippen LogP) is 5.12. The molecule has 0 aliphatic carbocycles. The fraction of sp³-hybridized carbons (Fsp3) is 0. The smallest absolute Gasteiger partial charge is 0.258 e. The number of aromatic nitrogens is 2. The van der Waals surface area contributed by atoms with Gasteiger partial charge in [-0.15, -0.1) is 0 Å². The fourth-order valence-corrected chi connectivity index (χ4v) is 3.08. The third-order valence-corrected chi connectivity index (χ3v) is 4.34. The summed E-state index contributed by atoms with van der Waals surface area (Å²) in [5.74, 6) is 0. The third-order valence-electron chi connectivity index (χ3n) is 3.84. The Morgan fingerprint density at radius 1 is 1.00 bits per heavy atom. The van der Waals surface area contributed by atoms with E-state index in [1.807, 2.05) is 24.3 Å². The van der Waals surface area contributed by atoms with Crippen LogP contribution in [0.4, 0.5) is 5.69 Å². The second-order valence-electron chi connectivity index (χ2n) is 5.36. The van der Waals surface area contributed by atoms with Gasteiger partial charge in [-0.2, -0.15) is 0 Å². The summed E-state index contributed by atoms with van der Waals surface area (Å²) in [5, 5.41) is 12.6. The molecule has 0 N–H and O–H groups in total. The molecule has 0 aliphatic heterocycles. The lowest BCUT2D eigenvalue weighted by atomic mass is 10.1. The zero-order valence-electron chi connectivity index (χ0n) is 12.3. The van der Waals surface area contributed by atoms with Gasteiger partial charge in [0.25, 0.3) is 5.69 Å². The monoisotopic (exact) mass is 379 g/mol. The number of hydrogen-bond donors (Lipinski definition) is 0. The van der Waals surface area contributed by atoms with Crippen LogP contribution in [0, 0.1) is 10.1 Å². The summed E-state index contributed by atoms with van der Waals surface area (Å²) in [5.41, 5.74) is 3.16. The molecule has 0 saturated carbocycles. The number of nitro benzene ring substituents is 1. The van der Waals surface area contributed by atoms with Gasteiger partial charge in [0.2, 0.25) is 0 Å². The molecule has 5 nitrogen and oxygen atoms in total. The lowest BCUT2D eigenvalue weighted by molar-refractivity contribution is -0.383. The van der Waals surface area contributed by atoms with E-state index >= 15 is 0 Å². The van der Waals surface area contributed by atoms with E-state index in [2.05, 4.69) is 25.9 Å². The molecule has 2 heterocycles. The van der Waals surface area contributed by atoms with Gasteiger partial charge < -0.3 is 0 Å². The zero-order chi connectivity index (χ0) is 16.7.